The van der Waals surface area contributed by atoms with Crippen LogP contribution >= 0.6 is 11.3 Å². The van der Waals surface area contributed by atoms with Gasteiger partial charge >= 0.3 is 5.97 Å². The van der Waals surface area contributed by atoms with Gasteiger partial charge in [0.2, 0.25) is 0 Å². The summed E-state index contributed by atoms with van der Waals surface area (Å²) in [6, 6.07) is 6.86. The van der Waals surface area contributed by atoms with Crippen molar-refractivity contribution in [1.82, 2.24) is 4.98 Å². The van der Waals surface area contributed by atoms with Crippen molar-refractivity contribution in [2.24, 2.45) is 0 Å². The number of aromatic hydroxyl groups is 1. The Morgan fingerprint density at radius 2 is 2.05 bits per heavy atom. The molecule has 0 bridgehead atoms. The number of ether oxygens (including phenoxy) is 1. The minimum atomic E-state index is -0.230. The summed E-state index contributed by atoms with van der Waals surface area (Å²) in [7, 11) is 0. The van der Waals surface area contributed by atoms with Crippen molar-refractivity contribution in [3.8, 4) is 16.3 Å². The first-order valence-electron chi connectivity index (χ1n) is 6.01. The molecule has 5 heteroatoms. The van der Waals surface area contributed by atoms with Crippen LogP contribution in [0.1, 0.15) is 17.5 Å². The van der Waals surface area contributed by atoms with E-state index in [0.29, 0.717) is 6.61 Å². The van der Waals surface area contributed by atoms with Crippen molar-refractivity contribution in [2.75, 3.05) is 6.61 Å². The number of thiazole rings is 1. The monoisotopic (exact) mass is 277 g/mol. The van der Waals surface area contributed by atoms with Gasteiger partial charge in [-0.05, 0) is 38.1 Å². The maximum absolute atomic E-state index is 11.5. The van der Waals surface area contributed by atoms with E-state index < -0.39 is 0 Å². The van der Waals surface area contributed by atoms with Gasteiger partial charge in [0.05, 0.1) is 18.7 Å². The molecule has 0 aliphatic rings. The molecule has 4 nitrogen and oxygen atoms in total. The van der Waals surface area contributed by atoms with Gasteiger partial charge in [-0.25, -0.2) is 4.98 Å². The quantitative estimate of drug-likeness (QED) is 0.873. The number of hydrogen-bond acceptors (Lipinski definition) is 5. The molecule has 100 valence electrons. The second-order valence-electron chi connectivity index (χ2n) is 4.06. The Kier molecular flexibility index (Phi) is 4.16. The number of carbonyl (C=O) groups is 1. The van der Waals surface area contributed by atoms with Crippen LogP contribution in [0.3, 0.4) is 0 Å². The zero-order valence-electron chi connectivity index (χ0n) is 10.8. The van der Waals surface area contributed by atoms with Crippen LogP contribution in [0.2, 0.25) is 0 Å². The molecule has 0 fully saturated rings. The third-order valence-corrected chi connectivity index (χ3v) is 3.82. The summed E-state index contributed by atoms with van der Waals surface area (Å²) in [6.07, 6.45) is 0.259. The predicted molar refractivity (Wildman–Crippen MR) is 74.3 cm³/mol. The van der Waals surface area contributed by atoms with E-state index in [0.717, 1.165) is 21.1 Å². The van der Waals surface area contributed by atoms with E-state index in [1.54, 1.807) is 19.1 Å². The largest absolute Gasteiger partial charge is 0.508 e. The number of benzene rings is 1. The van der Waals surface area contributed by atoms with Crippen molar-refractivity contribution >= 4 is 17.3 Å². The first kappa shape index (κ1) is 13.5. The molecule has 1 heterocycles. The Hall–Kier alpha value is -1.88. The van der Waals surface area contributed by atoms with Gasteiger partial charge in [-0.1, -0.05) is 0 Å². The van der Waals surface area contributed by atoms with Crippen LogP contribution in [0.25, 0.3) is 10.6 Å². The van der Waals surface area contributed by atoms with E-state index in [1.165, 1.54) is 11.3 Å². The number of carbonyl (C=O) groups excluding carboxylic acids is 1. The normalized spacial score (nSPS) is 10.4. The number of aryl methyl sites for hydroxylation is 1. The zero-order valence-corrected chi connectivity index (χ0v) is 11.7. The second-order valence-corrected chi connectivity index (χ2v) is 5.14. The number of phenols is 1. The third-order valence-electron chi connectivity index (χ3n) is 2.62. The minimum absolute atomic E-state index is 0.226. The molecule has 1 N–H and O–H groups in total. The highest BCUT2D eigenvalue weighted by atomic mass is 32.1. The Bertz CT molecular complexity index is 575. The van der Waals surface area contributed by atoms with Crippen molar-refractivity contribution in [1.29, 1.82) is 0 Å². The van der Waals surface area contributed by atoms with Crippen LogP contribution in [0.5, 0.6) is 5.75 Å². The number of nitrogens with zero attached hydrogens (tertiary/aromatic N) is 1. The molecule has 0 aliphatic carbocycles. The summed E-state index contributed by atoms with van der Waals surface area (Å²) in [5.41, 5.74) is 1.78. The zero-order chi connectivity index (χ0) is 13.8. The van der Waals surface area contributed by atoms with Crippen LogP contribution in [-0.2, 0) is 16.0 Å². The number of aromatic nitrogens is 1. The fourth-order valence-electron chi connectivity index (χ4n) is 1.66. The van der Waals surface area contributed by atoms with Gasteiger partial charge < -0.3 is 9.84 Å². The van der Waals surface area contributed by atoms with E-state index in [4.69, 9.17) is 4.74 Å². The van der Waals surface area contributed by atoms with Gasteiger partial charge in [0.15, 0.2) is 0 Å². The van der Waals surface area contributed by atoms with E-state index in [-0.39, 0.29) is 18.1 Å². The molecule has 19 heavy (non-hydrogen) atoms. The lowest BCUT2D eigenvalue weighted by atomic mass is 10.2. The molecule has 1 aromatic carbocycles. The van der Waals surface area contributed by atoms with E-state index in [1.807, 2.05) is 19.1 Å². The number of phenolic OH excluding ortho intramolecular Hbond substituents is 1. The van der Waals surface area contributed by atoms with Gasteiger partial charge in [0.25, 0.3) is 0 Å². The molecule has 2 rings (SSSR count). The highest BCUT2D eigenvalue weighted by molar-refractivity contribution is 7.15. The molecular weight excluding hydrogens is 262 g/mol. The van der Waals surface area contributed by atoms with Gasteiger partial charge in [-0.15, -0.1) is 11.3 Å². The first-order valence-corrected chi connectivity index (χ1v) is 6.83. The predicted octanol–water partition coefficient (Wildman–Crippen LogP) is 2.93. The Labute approximate surface area is 115 Å². The topological polar surface area (TPSA) is 59.4 Å². The SMILES string of the molecule is CCOC(=O)Cc1sc(-c2ccc(O)cc2)nc1C. The van der Waals surface area contributed by atoms with Gasteiger partial charge in [-0.3, -0.25) is 4.79 Å². The highest BCUT2D eigenvalue weighted by Crippen LogP contribution is 2.29. The maximum Gasteiger partial charge on any atom is 0.311 e. The molecule has 0 spiro atoms. The summed E-state index contributed by atoms with van der Waals surface area (Å²) in [4.78, 5) is 16.8. The van der Waals surface area contributed by atoms with E-state index in [9.17, 15) is 9.90 Å². The van der Waals surface area contributed by atoms with Gasteiger partial charge in [0, 0.05) is 10.4 Å². The fourth-order valence-corrected chi connectivity index (χ4v) is 2.72. The average molecular weight is 277 g/mol. The van der Waals surface area contributed by atoms with Crippen molar-refractivity contribution < 1.29 is 14.6 Å². The molecule has 0 saturated heterocycles. The average Bonchev–Trinajstić information content (AvgIpc) is 2.72. The molecule has 0 aliphatic heterocycles. The molecule has 2 aromatic rings. The lowest BCUT2D eigenvalue weighted by Crippen LogP contribution is -2.07. The molecule has 0 amide bonds. The van der Waals surface area contributed by atoms with Crippen LogP contribution in [-0.4, -0.2) is 22.7 Å². The molecule has 0 atom stereocenters. The smallest absolute Gasteiger partial charge is 0.311 e. The number of rotatable bonds is 4. The Morgan fingerprint density at radius 1 is 1.37 bits per heavy atom. The fraction of sp³-hybridized carbons (Fsp3) is 0.286. The van der Waals surface area contributed by atoms with Crippen molar-refractivity contribution in [3.63, 3.8) is 0 Å². The molecule has 0 radical (unpaired) electrons. The molecule has 0 saturated carbocycles. The number of esters is 1. The van der Waals surface area contributed by atoms with Crippen molar-refractivity contribution in [3.05, 3.63) is 34.8 Å². The summed E-state index contributed by atoms with van der Waals surface area (Å²) in [5, 5.41) is 10.1. The van der Waals surface area contributed by atoms with E-state index in [2.05, 4.69) is 4.98 Å². The number of hydrogen-bond donors (Lipinski definition) is 1. The Balaban J connectivity index is 2.21. The van der Waals surface area contributed by atoms with Crippen LogP contribution in [0.15, 0.2) is 24.3 Å². The lowest BCUT2D eigenvalue weighted by Gasteiger charge is -1.99. The highest BCUT2D eigenvalue weighted by Gasteiger charge is 2.13. The third kappa shape index (κ3) is 3.32. The van der Waals surface area contributed by atoms with Crippen molar-refractivity contribution in [2.45, 2.75) is 20.3 Å². The minimum Gasteiger partial charge on any atom is -0.508 e. The summed E-state index contributed by atoms with van der Waals surface area (Å²) in [6.45, 7) is 4.07. The van der Waals surface area contributed by atoms with Gasteiger partial charge in [-0.2, -0.15) is 0 Å². The molecular formula is C14H15NO3S. The first-order chi connectivity index (χ1) is 9.10. The lowest BCUT2D eigenvalue weighted by molar-refractivity contribution is -0.142. The van der Waals surface area contributed by atoms with Gasteiger partial charge in [0.1, 0.15) is 10.8 Å². The molecule has 1 aromatic heterocycles. The standard InChI is InChI=1S/C14H15NO3S/c1-3-18-13(17)8-12-9(2)15-14(19-12)10-4-6-11(16)7-5-10/h4-7,16H,3,8H2,1-2H3. The summed E-state index contributed by atoms with van der Waals surface area (Å²) >= 11 is 1.48. The summed E-state index contributed by atoms with van der Waals surface area (Å²) < 4.78 is 4.94. The Morgan fingerprint density at radius 3 is 2.68 bits per heavy atom. The summed E-state index contributed by atoms with van der Waals surface area (Å²) in [5.74, 6) is -0.00437. The second kappa shape index (κ2) is 5.84. The maximum atomic E-state index is 11.5. The van der Waals surface area contributed by atoms with E-state index >= 15 is 0 Å². The molecule has 0 unspecified atom stereocenters. The van der Waals surface area contributed by atoms with Crippen LogP contribution < -0.4 is 0 Å². The van der Waals surface area contributed by atoms with Crippen LogP contribution in [0.4, 0.5) is 0 Å². The van der Waals surface area contributed by atoms with Crippen LogP contribution in [0, 0.1) is 6.92 Å².